The number of esters is 1. The van der Waals surface area contributed by atoms with Gasteiger partial charge in [-0.25, -0.2) is 0 Å². The number of hydrogen-bond donors (Lipinski definition) is 1. The van der Waals surface area contributed by atoms with Crippen LogP contribution in [0.5, 0.6) is 11.5 Å². The molecule has 28 heavy (non-hydrogen) atoms. The van der Waals surface area contributed by atoms with Crippen molar-refractivity contribution in [2.24, 2.45) is 5.92 Å². The summed E-state index contributed by atoms with van der Waals surface area (Å²) in [6.45, 7) is 5.31. The average molecular weight is 425 g/mol. The van der Waals surface area contributed by atoms with Crippen LogP contribution in [0.15, 0.2) is 36.4 Å². The number of rotatable bonds is 3. The summed E-state index contributed by atoms with van der Waals surface area (Å²) in [6, 6.07) is 10.1. The minimum atomic E-state index is -1.15. The van der Waals surface area contributed by atoms with Gasteiger partial charge in [0.1, 0.15) is 29.1 Å². The fourth-order valence-corrected chi connectivity index (χ4v) is 3.45. The Hall–Kier alpha value is -1.95. The predicted octanol–water partition coefficient (Wildman–Crippen LogP) is 5.13. The van der Waals surface area contributed by atoms with Crippen molar-refractivity contribution >= 4 is 29.2 Å². The first-order valence-electron chi connectivity index (χ1n) is 8.81. The average Bonchev–Trinajstić information content (AvgIpc) is 2.62. The van der Waals surface area contributed by atoms with Crippen LogP contribution in [0, 0.1) is 5.92 Å². The van der Waals surface area contributed by atoms with Crippen LogP contribution in [0.3, 0.4) is 0 Å². The second-order valence-electron chi connectivity index (χ2n) is 7.62. The second kappa shape index (κ2) is 7.82. The van der Waals surface area contributed by atoms with Gasteiger partial charge >= 0.3 is 5.97 Å². The molecule has 0 spiro atoms. The highest BCUT2D eigenvalue weighted by Crippen LogP contribution is 2.47. The van der Waals surface area contributed by atoms with Crippen molar-refractivity contribution in [3.05, 3.63) is 57.6 Å². The van der Waals surface area contributed by atoms with E-state index in [-0.39, 0.29) is 0 Å². The first kappa shape index (κ1) is 20.8. The normalized spacial score (nSPS) is 21.5. The minimum absolute atomic E-state index is 0.334. The third-order valence-corrected chi connectivity index (χ3v) is 5.15. The van der Waals surface area contributed by atoms with Crippen molar-refractivity contribution in [3.63, 3.8) is 0 Å². The molecule has 7 heteroatoms. The molecule has 3 atom stereocenters. The first-order chi connectivity index (χ1) is 13.1. The van der Waals surface area contributed by atoms with Crippen LogP contribution in [0.25, 0.3) is 0 Å². The molecule has 0 saturated carbocycles. The molecular formula is C21H22Cl2O5. The molecule has 0 aromatic heterocycles. The molecule has 2 aromatic rings. The van der Waals surface area contributed by atoms with Crippen molar-refractivity contribution in [3.8, 4) is 11.5 Å². The number of carbonyl (C=O) groups excluding carboxylic acids is 1. The number of aliphatic hydroxyl groups excluding tert-OH is 1. The predicted molar refractivity (Wildman–Crippen MR) is 107 cm³/mol. The molecule has 1 aliphatic heterocycles. The highest BCUT2D eigenvalue weighted by atomic mass is 35.5. The van der Waals surface area contributed by atoms with Gasteiger partial charge in [0.2, 0.25) is 0 Å². The van der Waals surface area contributed by atoms with E-state index in [2.05, 4.69) is 0 Å². The Morgan fingerprint density at radius 1 is 1.11 bits per heavy atom. The van der Waals surface area contributed by atoms with Crippen LogP contribution in [0.4, 0.5) is 0 Å². The topological polar surface area (TPSA) is 65.0 Å². The monoisotopic (exact) mass is 424 g/mol. The molecule has 2 aromatic carbocycles. The van der Waals surface area contributed by atoms with Gasteiger partial charge in [-0.2, -0.15) is 0 Å². The molecule has 0 bridgehead atoms. The van der Waals surface area contributed by atoms with Crippen molar-refractivity contribution in [1.29, 1.82) is 0 Å². The van der Waals surface area contributed by atoms with Crippen molar-refractivity contribution in [2.75, 3.05) is 7.11 Å². The fraction of sp³-hybridized carbons (Fsp3) is 0.381. The maximum Gasteiger partial charge on any atom is 0.316 e. The van der Waals surface area contributed by atoms with Crippen molar-refractivity contribution < 1.29 is 24.1 Å². The van der Waals surface area contributed by atoms with Gasteiger partial charge in [-0.1, -0.05) is 29.3 Å². The SMILES string of the molecule is COc1ccc2c(c1)C(O)C(C(=O)OC(C)(C)C)C(c1ccc(Cl)c(Cl)c1)O2. The van der Waals surface area contributed by atoms with Gasteiger partial charge in [0.05, 0.1) is 23.3 Å². The molecule has 1 heterocycles. The number of aliphatic hydroxyl groups is 1. The lowest BCUT2D eigenvalue weighted by molar-refractivity contribution is -0.171. The number of ether oxygens (including phenoxy) is 3. The summed E-state index contributed by atoms with van der Waals surface area (Å²) < 4.78 is 16.9. The van der Waals surface area contributed by atoms with E-state index < -0.39 is 29.7 Å². The lowest BCUT2D eigenvalue weighted by Crippen LogP contribution is -2.39. The Morgan fingerprint density at radius 3 is 2.43 bits per heavy atom. The molecule has 0 amide bonds. The maximum atomic E-state index is 13.0. The van der Waals surface area contributed by atoms with E-state index in [1.165, 1.54) is 7.11 Å². The highest BCUT2D eigenvalue weighted by molar-refractivity contribution is 6.42. The molecule has 5 nitrogen and oxygen atoms in total. The molecular weight excluding hydrogens is 403 g/mol. The summed E-state index contributed by atoms with van der Waals surface area (Å²) in [6.07, 6.45) is -1.94. The molecule has 0 saturated heterocycles. The quantitative estimate of drug-likeness (QED) is 0.691. The summed E-state index contributed by atoms with van der Waals surface area (Å²) in [5.41, 5.74) is 0.366. The second-order valence-corrected chi connectivity index (χ2v) is 8.43. The van der Waals surface area contributed by atoms with Gasteiger partial charge in [-0.05, 0) is 56.7 Å². The molecule has 3 rings (SSSR count). The largest absolute Gasteiger partial charge is 0.497 e. The molecule has 3 unspecified atom stereocenters. The lowest BCUT2D eigenvalue weighted by Gasteiger charge is -2.37. The Bertz CT molecular complexity index is 891. The van der Waals surface area contributed by atoms with Crippen molar-refractivity contribution in [2.45, 2.75) is 38.6 Å². The summed E-state index contributed by atoms with van der Waals surface area (Å²) >= 11 is 12.2. The fourth-order valence-electron chi connectivity index (χ4n) is 3.15. The summed E-state index contributed by atoms with van der Waals surface area (Å²) in [5.74, 6) is -0.540. The van der Waals surface area contributed by atoms with Crippen LogP contribution in [-0.4, -0.2) is 23.8 Å². The zero-order valence-electron chi connectivity index (χ0n) is 16.0. The van der Waals surface area contributed by atoms with Crippen LogP contribution < -0.4 is 9.47 Å². The Morgan fingerprint density at radius 2 is 1.82 bits per heavy atom. The van der Waals surface area contributed by atoms with Crippen LogP contribution >= 0.6 is 23.2 Å². The maximum absolute atomic E-state index is 13.0. The molecule has 1 N–H and O–H groups in total. The van der Waals surface area contributed by atoms with Crippen molar-refractivity contribution in [1.82, 2.24) is 0 Å². The highest BCUT2D eigenvalue weighted by Gasteiger charge is 2.45. The molecule has 150 valence electrons. The van der Waals surface area contributed by atoms with Gasteiger partial charge in [-0.3, -0.25) is 4.79 Å². The van der Waals surface area contributed by atoms with Crippen LogP contribution in [0.1, 0.15) is 44.1 Å². The van der Waals surface area contributed by atoms with E-state index in [1.807, 2.05) is 0 Å². The van der Waals surface area contributed by atoms with E-state index in [0.29, 0.717) is 32.7 Å². The number of hydrogen-bond acceptors (Lipinski definition) is 5. The van der Waals surface area contributed by atoms with E-state index in [0.717, 1.165) is 0 Å². The Labute approximate surface area is 174 Å². The minimum Gasteiger partial charge on any atom is -0.497 e. The van der Waals surface area contributed by atoms with E-state index in [9.17, 15) is 9.90 Å². The van der Waals surface area contributed by atoms with Gasteiger partial charge in [0.25, 0.3) is 0 Å². The van der Waals surface area contributed by atoms with Crippen LogP contribution in [-0.2, 0) is 9.53 Å². The van der Waals surface area contributed by atoms with Gasteiger partial charge in [0, 0.05) is 5.56 Å². The summed E-state index contributed by atoms with van der Waals surface area (Å²) in [4.78, 5) is 13.0. The zero-order chi connectivity index (χ0) is 20.6. The van der Waals surface area contributed by atoms with E-state index >= 15 is 0 Å². The van der Waals surface area contributed by atoms with Gasteiger partial charge in [0.15, 0.2) is 0 Å². The number of halogens is 2. The van der Waals surface area contributed by atoms with Crippen LogP contribution in [0.2, 0.25) is 10.0 Å². The number of benzene rings is 2. The lowest BCUT2D eigenvalue weighted by atomic mass is 9.84. The molecule has 1 aliphatic rings. The summed E-state index contributed by atoms with van der Waals surface area (Å²) in [7, 11) is 1.53. The Balaban J connectivity index is 2.08. The zero-order valence-corrected chi connectivity index (χ0v) is 17.5. The standard InChI is InChI=1S/C21H22Cl2O5/c1-21(2,3)28-20(25)17-18(24)13-10-12(26-4)6-8-16(13)27-19(17)11-5-7-14(22)15(23)9-11/h5-10,17-19,24H,1-4H3. The molecule has 0 aliphatic carbocycles. The van der Waals surface area contributed by atoms with Gasteiger partial charge < -0.3 is 19.3 Å². The third-order valence-electron chi connectivity index (χ3n) is 4.41. The molecule has 0 fully saturated rings. The molecule has 0 radical (unpaired) electrons. The van der Waals surface area contributed by atoms with E-state index in [1.54, 1.807) is 57.2 Å². The third kappa shape index (κ3) is 4.22. The summed E-state index contributed by atoms with van der Waals surface area (Å²) in [5, 5.41) is 11.8. The first-order valence-corrected chi connectivity index (χ1v) is 9.57. The Kier molecular flexibility index (Phi) is 5.80. The van der Waals surface area contributed by atoms with E-state index in [4.69, 9.17) is 37.4 Å². The number of carbonyl (C=O) groups is 1. The number of fused-ring (bicyclic) bond motifs is 1. The smallest absolute Gasteiger partial charge is 0.316 e. The van der Waals surface area contributed by atoms with Gasteiger partial charge in [-0.15, -0.1) is 0 Å². The number of methoxy groups -OCH3 is 1.